The van der Waals surface area contributed by atoms with Gasteiger partial charge in [0.25, 0.3) is 5.91 Å². The van der Waals surface area contributed by atoms with Gasteiger partial charge in [-0.2, -0.15) is 0 Å². The van der Waals surface area contributed by atoms with Gasteiger partial charge in [0.2, 0.25) is 0 Å². The lowest BCUT2D eigenvalue weighted by Crippen LogP contribution is -2.37. The lowest BCUT2D eigenvalue weighted by Gasteiger charge is -2.22. The molecule has 0 saturated heterocycles. The van der Waals surface area contributed by atoms with Gasteiger partial charge < -0.3 is 15.0 Å². The van der Waals surface area contributed by atoms with E-state index in [4.69, 9.17) is 5.11 Å². The summed E-state index contributed by atoms with van der Waals surface area (Å²) in [7, 11) is 2.88. The molecule has 2 heterocycles. The van der Waals surface area contributed by atoms with Crippen LogP contribution in [-0.2, 0) is 7.05 Å². The van der Waals surface area contributed by atoms with Crippen molar-refractivity contribution < 1.29 is 9.90 Å². The largest absolute Gasteiger partial charge is 0.400 e. The highest BCUT2D eigenvalue weighted by Crippen LogP contribution is 2.19. The van der Waals surface area contributed by atoms with Crippen molar-refractivity contribution in [2.24, 2.45) is 7.05 Å². The second-order valence-corrected chi connectivity index (χ2v) is 5.92. The standard InChI is InChI=1S/C16H21N5O.CH4O/c1-11-8-18-15(13-9-17-10-21(13)2)20-14(11)16(22)19-12-6-4-3-5-7-12;1-2/h8-10,12H,3-7H2,1-2H3,(H,19,22);2H,1H3. The Morgan fingerprint density at radius 1 is 1.25 bits per heavy atom. The van der Waals surface area contributed by atoms with Crippen LogP contribution in [-0.4, -0.2) is 43.7 Å². The Morgan fingerprint density at radius 2 is 1.96 bits per heavy atom. The Labute approximate surface area is 142 Å². The Morgan fingerprint density at radius 3 is 2.58 bits per heavy atom. The molecule has 0 aromatic carbocycles. The third-order valence-corrected chi connectivity index (χ3v) is 4.17. The van der Waals surface area contributed by atoms with Crippen LogP contribution in [0, 0.1) is 6.92 Å². The molecule has 1 aliphatic carbocycles. The van der Waals surface area contributed by atoms with E-state index in [0.29, 0.717) is 11.5 Å². The maximum atomic E-state index is 12.5. The van der Waals surface area contributed by atoms with Crippen molar-refractivity contribution in [3.05, 3.63) is 30.0 Å². The van der Waals surface area contributed by atoms with Crippen molar-refractivity contribution in [1.82, 2.24) is 24.8 Å². The highest BCUT2D eigenvalue weighted by Gasteiger charge is 2.20. The molecule has 7 nitrogen and oxygen atoms in total. The molecule has 0 bridgehead atoms. The average molecular weight is 331 g/mol. The van der Waals surface area contributed by atoms with Gasteiger partial charge in [0.05, 0.1) is 12.5 Å². The lowest BCUT2D eigenvalue weighted by molar-refractivity contribution is 0.0922. The first-order valence-corrected chi connectivity index (χ1v) is 8.21. The zero-order valence-electron chi connectivity index (χ0n) is 14.5. The van der Waals surface area contributed by atoms with Gasteiger partial charge in [0.1, 0.15) is 11.4 Å². The first-order valence-electron chi connectivity index (χ1n) is 8.21. The molecular formula is C17H25N5O2. The quantitative estimate of drug-likeness (QED) is 0.895. The fourth-order valence-electron chi connectivity index (χ4n) is 2.87. The fourth-order valence-corrected chi connectivity index (χ4v) is 2.87. The van der Waals surface area contributed by atoms with Crippen LogP contribution in [0.1, 0.15) is 48.2 Å². The van der Waals surface area contributed by atoms with Gasteiger partial charge in [-0.1, -0.05) is 19.3 Å². The van der Waals surface area contributed by atoms with Crippen LogP contribution in [0.3, 0.4) is 0 Å². The number of imidazole rings is 1. The molecule has 1 aliphatic rings. The molecule has 24 heavy (non-hydrogen) atoms. The van der Waals surface area contributed by atoms with Gasteiger partial charge in [-0.25, -0.2) is 15.0 Å². The number of hydrogen-bond donors (Lipinski definition) is 2. The normalized spacial score (nSPS) is 14.7. The minimum Gasteiger partial charge on any atom is -0.400 e. The number of aromatic nitrogens is 4. The van der Waals surface area contributed by atoms with Gasteiger partial charge in [-0.3, -0.25) is 4.79 Å². The van der Waals surface area contributed by atoms with Crippen LogP contribution in [0.4, 0.5) is 0 Å². The van der Waals surface area contributed by atoms with Crippen molar-refractivity contribution in [3.63, 3.8) is 0 Å². The van der Waals surface area contributed by atoms with E-state index in [1.807, 2.05) is 18.5 Å². The summed E-state index contributed by atoms with van der Waals surface area (Å²) < 4.78 is 1.84. The van der Waals surface area contributed by atoms with Crippen LogP contribution < -0.4 is 5.32 Å². The van der Waals surface area contributed by atoms with E-state index in [0.717, 1.165) is 31.2 Å². The maximum absolute atomic E-state index is 12.5. The van der Waals surface area contributed by atoms with E-state index in [1.54, 1.807) is 18.7 Å². The molecule has 0 radical (unpaired) electrons. The highest BCUT2D eigenvalue weighted by molar-refractivity contribution is 5.94. The first-order chi connectivity index (χ1) is 11.6. The van der Waals surface area contributed by atoms with Crippen molar-refractivity contribution >= 4 is 5.91 Å². The molecule has 1 amide bonds. The number of hydrogen-bond acceptors (Lipinski definition) is 5. The number of nitrogens with one attached hydrogen (secondary N) is 1. The lowest BCUT2D eigenvalue weighted by atomic mass is 9.95. The van der Waals surface area contributed by atoms with Crippen molar-refractivity contribution in [2.45, 2.75) is 45.1 Å². The molecule has 0 unspecified atom stereocenters. The SMILES string of the molecule is CO.Cc1cnc(-c2cncn2C)nc1C(=O)NC1CCCCC1. The number of aliphatic hydroxyl groups excluding tert-OH is 1. The summed E-state index contributed by atoms with van der Waals surface area (Å²) in [5.41, 5.74) is 2.04. The van der Waals surface area contributed by atoms with E-state index in [9.17, 15) is 4.79 Å². The topological polar surface area (TPSA) is 92.9 Å². The number of aryl methyl sites for hydroxylation is 2. The molecule has 3 rings (SSSR count). The second kappa shape index (κ2) is 8.54. The molecule has 1 saturated carbocycles. The summed E-state index contributed by atoms with van der Waals surface area (Å²) in [5, 5.41) is 10.1. The number of rotatable bonds is 3. The first kappa shape index (κ1) is 18.1. The molecule has 7 heteroatoms. The third-order valence-electron chi connectivity index (χ3n) is 4.17. The van der Waals surface area contributed by atoms with E-state index in [-0.39, 0.29) is 11.9 Å². The summed E-state index contributed by atoms with van der Waals surface area (Å²) in [4.78, 5) is 25.4. The van der Waals surface area contributed by atoms with Crippen molar-refractivity contribution in [2.75, 3.05) is 7.11 Å². The van der Waals surface area contributed by atoms with Gasteiger partial charge in [-0.15, -0.1) is 0 Å². The van der Waals surface area contributed by atoms with Gasteiger partial charge in [-0.05, 0) is 25.3 Å². The Kier molecular flexibility index (Phi) is 6.43. The van der Waals surface area contributed by atoms with Gasteiger partial charge in [0, 0.05) is 26.4 Å². The van der Waals surface area contributed by atoms with Crippen LogP contribution in [0.2, 0.25) is 0 Å². The zero-order valence-corrected chi connectivity index (χ0v) is 14.5. The smallest absolute Gasteiger partial charge is 0.270 e. The Hall–Kier alpha value is -2.28. The van der Waals surface area contributed by atoms with E-state index >= 15 is 0 Å². The van der Waals surface area contributed by atoms with Crippen molar-refractivity contribution in [3.8, 4) is 11.5 Å². The predicted molar refractivity (Wildman–Crippen MR) is 91.5 cm³/mol. The van der Waals surface area contributed by atoms with Crippen LogP contribution in [0.5, 0.6) is 0 Å². The Balaban J connectivity index is 0.00000100. The van der Waals surface area contributed by atoms with Crippen LogP contribution in [0.15, 0.2) is 18.7 Å². The Bertz CT molecular complexity index is 677. The monoisotopic (exact) mass is 331 g/mol. The molecule has 0 atom stereocenters. The average Bonchev–Trinajstić information content (AvgIpc) is 3.04. The summed E-state index contributed by atoms with van der Waals surface area (Å²) in [6.07, 6.45) is 10.9. The number of nitrogens with zero attached hydrogens (tertiary/aromatic N) is 4. The van der Waals surface area contributed by atoms with Gasteiger partial charge >= 0.3 is 0 Å². The summed E-state index contributed by atoms with van der Waals surface area (Å²) >= 11 is 0. The maximum Gasteiger partial charge on any atom is 0.270 e. The molecule has 0 spiro atoms. The number of amides is 1. The molecular weight excluding hydrogens is 306 g/mol. The minimum atomic E-state index is -0.102. The molecule has 130 valence electrons. The molecule has 2 aromatic rings. The number of carbonyl (C=O) groups is 1. The number of aliphatic hydroxyl groups is 1. The predicted octanol–water partition coefficient (Wildman–Crippen LogP) is 1.86. The van der Waals surface area contributed by atoms with Crippen molar-refractivity contribution in [1.29, 1.82) is 0 Å². The van der Waals surface area contributed by atoms with E-state index in [1.165, 1.54) is 19.3 Å². The zero-order chi connectivity index (χ0) is 17.5. The molecule has 2 N–H and O–H groups in total. The molecule has 1 fully saturated rings. The molecule has 0 aliphatic heterocycles. The van der Waals surface area contributed by atoms with Crippen LogP contribution >= 0.6 is 0 Å². The molecule has 2 aromatic heterocycles. The van der Waals surface area contributed by atoms with E-state index in [2.05, 4.69) is 20.3 Å². The second-order valence-electron chi connectivity index (χ2n) is 5.92. The summed E-state index contributed by atoms with van der Waals surface area (Å²) in [6.45, 7) is 1.86. The third kappa shape index (κ3) is 4.17. The summed E-state index contributed by atoms with van der Waals surface area (Å²) in [5.74, 6) is 0.426. The highest BCUT2D eigenvalue weighted by atomic mass is 16.2. The van der Waals surface area contributed by atoms with Gasteiger partial charge in [0.15, 0.2) is 5.82 Å². The van der Waals surface area contributed by atoms with E-state index < -0.39 is 0 Å². The minimum absolute atomic E-state index is 0.102. The van der Waals surface area contributed by atoms with Crippen LogP contribution in [0.25, 0.3) is 11.5 Å². The summed E-state index contributed by atoms with van der Waals surface area (Å²) in [6, 6.07) is 0.274. The fraction of sp³-hybridized carbons (Fsp3) is 0.529. The number of carbonyl (C=O) groups excluding carboxylic acids is 1.